The summed E-state index contributed by atoms with van der Waals surface area (Å²) in [7, 11) is 0. The van der Waals surface area contributed by atoms with Crippen molar-refractivity contribution in [3.63, 3.8) is 0 Å². The van der Waals surface area contributed by atoms with E-state index in [1.807, 2.05) is 54.6 Å². The number of phenolic OH excluding ortho intramolecular Hbond substituents is 2. The normalized spacial score (nSPS) is 11.3. The Kier molecular flexibility index (Phi) is 4.18. The molecule has 0 saturated heterocycles. The molecular weight excluding hydrogens is 340 g/mol. The van der Waals surface area contributed by atoms with E-state index in [0.29, 0.717) is 5.56 Å². The lowest BCUT2D eigenvalue weighted by Crippen LogP contribution is -2.17. The van der Waals surface area contributed by atoms with Crippen LogP contribution in [0.4, 0.5) is 0 Å². The molecular formula is C22H16N2O3. The van der Waals surface area contributed by atoms with E-state index in [0.717, 1.165) is 21.5 Å². The molecule has 0 aliphatic rings. The number of hydrogen-bond acceptors (Lipinski definition) is 4. The van der Waals surface area contributed by atoms with Crippen LogP contribution in [-0.4, -0.2) is 22.3 Å². The number of fused-ring (bicyclic) bond motifs is 2. The lowest BCUT2D eigenvalue weighted by Gasteiger charge is -2.07. The SMILES string of the molecule is O=C(N/N=C/c1c(O)ccc2ccccc12)c1cc2ccccc2cc1O. The van der Waals surface area contributed by atoms with Crippen LogP contribution in [0.15, 0.2) is 77.9 Å². The molecule has 0 aliphatic carbocycles. The Morgan fingerprint density at radius 3 is 2.26 bits per heavy atom. The fourth-order valence-corrected chi connectivity index (χ4v) is 3.05. The second-order valence-electron chi connectivity index (χ2n) is 6.14. The van der Waals surface area contributed by atoms with Crippen molar-refractivity contribution in [3.05, 3.63) is 83.9 Å². The van der Waals surface area contributed by atoms with Gasteiger partial charge in [-0.25, -0.2) is 5.43 Å². The molecule has 1 amide bonds. The zero-order valence-corrected chi connectivity index (χ0v) is 14.3. The third kappa shape index (κ3) is 3.18. The molecule has 0 unspecified atom stereocenters. The highest BCUT2D eigenvalue weighted by molar-refractivity contribution is 6.04. The molecule has 27 heavy (non-hydrogen) atoms. The summed E-state index contributed by atoms with van der Waals surface area (Å²) < 4.78 is 0. The molecule has 0 atom stereocenters. The fraction of sp³-hybridized carbons (Fsp3) is 0. The van der Waals surface area contributed by atoms with Gasteiger partial charge in [-0.1, -0.05) is 54.6 Å². The van der Waals surface area contributed by atoms with Crippen LogP contribution in [0.5, 0.6) is 11.5 Å². The van der Waals surface area contributed by atoms with Gasteiger partial charge in [0.05, 0.1) is 11.8 Å². The maximum Gasteiger partial charge on any atom is 0.275 e. The highest BCUT2D eigenvalue weighted by Gasteiger charge is 2.12. The number of hydrazone groups is 1. The maximum absolute atomic E-state index is 12.4. The van der Waals surface area contributed by atoms with E-state index in [-0.39, 0.29) is 17.1 Å². The van der Waals surface area contributed by atoms with Crippen molar-refractivity contribution in [2.75, 3.05) is 0 Å². The van der Waals surface area contributed by atoms with Gasteiger partial charge < -0.3 is 10.2 Å². The highest BCUT2D eigenvalue weighted by atomic mass is 16.3. The Morgan fingerprint density at radius 1 is 0.815 bits per heavy atom. The monoisotopic (exact) mass is 356 g/mol. The van der Waals surface area contributed by atoms with E-state index in [1.54, 1.807) is 18.2 Å². The van der Waals surface area contributed by atoms with Crippen LogP contribution < -0.4 is 5.43 Å². The fourth-order valence-electron chi connectivity index (χ4n) is 3.05. The van der Waals surface area contributed by atoms with Gasteiger partial charge >= 0.3 is 0 Å². The van der Waals surface area contributed by atoms with Gasteiger partial charge in [-0.3, -0.25) is 4.79 Å². The lowest BCUT2D eigenvalue weighted by molar-refractivity contribution is 0.0952. The molecule has 0 saturated carbocycles. The molecule has 3 N–H and O–H groups in total. The van der Waals surface area contributed by atoms with E-state index in [1.165, 1.54) is 6.21 Å². The molecule has 132 valence electrons. The third-order valence-corrected chi connectivity index (χ3v) is 4.42. The van der Waals surface area contributed by atoms with E-state index in [9.17, 15) is 15.0 Å². The molecule has 0 aliphatic heterocycles. The summed E-state index contributed by atoms with van der Waals surface area (Å²) >= 11 is 0. The molecule has 5 nitrogen and oxygen atoms in total. The minimum Gasteiger partial charge on any atom is -0.507 e. The molecule has 4 aromatic rings. The number of nitrogens with one attached hydrogen (secondary N) is 1. The van der Waals surface area contributed by atoms with Gasteiger partial charge in [0.25, 0.3) is 5.91 Å². The zero-order chi connectivity index (χ0) is 18.8. The van der Waals surface area contributed by atoms with Crippen molar-refractivity contribution in [2.45, 2.75) is 0 Å². The first-order valence-electron chi connectivity index (χ1n) is 8.39. The largest absolute Gasteiger partial charge is 0.507 e. The van der Waals surface area contributed by atoms with Gasteiger partial charge in [-0.2, -0.15) is 5.10 Å². The molecule has 4 rings (SSSR count). The van der Waals surface area contributed by atoms with E-state index >= 15 is 0 Å². The average molecular weight is 356 g/mol. The van der Waals surface area contributed by atoms with Crippen molar-refractivity contribution < 1.29 is 15.0 Å². The Balaban J connectivity index is 1.62. The Hall–Kier alpha value is -3.86. The minimum atomic E-state index is -0.533. The number of aromatic hydroxyl groups is 2. The molecule has 4 aromatic carbocycles. The van der Waals surface area contributed by atoms with Crippen LogP contribution >= 0.6 is 0 Å². The summed E-state index contributed by atoms with van der Waals surface area (Å²) in [5.41, 5.74) is 3.05. The lowest BCUT2D eigenvalue weighted by atomic mass is 10.0. The number of carbonyl (C=O) groups is 1. The molecule has 0 fully saturated rings. The van der Waals surface area contributed by atoms with Crippen LogP contribution in [0.2, 0.25) is 0 Å². The summed E-state index contributed by atoms with van der Waals surface area (Å²) in [6.45, 7) is 0. The van der Waals surface area contributed by atoms with Crippen molar-refractivity contribution in [3.8, 4) is 11.5 Å². The predicted molar refractivity (Wildman–Crippen MR) is 106 cm³/mol. The van der Waals surface area contributed by atoms with E-state index < -0.39 is 5.91 Å². The quantitative estimate of drug-likeness (QED) is 0.381. The van der Waals surface area contributed by atoms with Crippen LogP contribution in [0.1, 0.15) is 15.9 Å². The number of amides is 1. The maximum atomic E-state index is 12.4. The van der Waals surface area contributed by atoms with E-state index in [2.05, 4.69) is 10.5 Å². The molecule has 5 heteroatoms. The highest BCUT2D eigenvalue weighted by Crippen LogP contribution is 2.26. The Labute approximate surface area is 155 Å². The van der Waals surface area contributed by atoms with Crippen LogP contribution in [-0.2, 0) is 0 Å². The van der Waals surface area contributed by atoms with Crippen LogP contribution in [0, 0.1) is 0 Å². The number of hydrogen-bond donors (Lipinski definition) is 3. The first-order chi connectivity index (χ1) is 13.1. The number of benzene rings is 4. The van der Waals surface area contributed by atoms with Crippen molar-refractivity contribution in [1.82, 2.24) is 5.43 Å². The molecule has 0 radical (unpaired) electrons. The first kappa shape index (κ1) is 16.6. The Bertz CT molecular complexity index is 1200. The number of carbonyl (C=O) groups excluding carboxylic acids is 1. The van der Waals surface area contributed by atoms with Gasteiger partial charge in [0, 0.05) is 5.56 Å². The van der Waals surface area contributed by atoms with Crippen molar-refractivity contribution in [2.24, 2.45) is 5.10 Å². The van der Waals surface area contributed by atoms with Crippen LogP contribution in [0.25, 0.3) is 21.5 Å². The third-order valence-electron chi connectivity index (χ3n) is 4.42. The van der Waals surface area contributed by atoms with Crippen LogP contribution in [0.3, 0.4) is 0 Å². The second kappa shape index (κ2) is 6.80. The average Bonchev–Trinajstić information content (AvgIpc) is 2.69. The summed E-state index contributed by atoms with van der Waals surface area (Å²) in [6.07, 6.45) is 1.40. The van der Waals surface area contributed by atoms with E-state index in [4.69, 9.17) is 0 Å². The molecule has 0 bridgehead atoms. The van der Waals surface area contributed by atoms with Gasteiger partial charge in [0.15, 0.2) is 0 Å². The number of nitrogens with zero attached hydrogens (tertiary/aromatic N) is 1. The van der Waals surface area contributed by atoms with Crippen molar-refractivity contribution in [1.29, 1.82) is 0 Å². The predicted octanol–water partition coefficient (Wildman–Crippen LogP) is 4.17. The standard InChI is InChI=1S/C22H16N2O3/c25-20-10-9-14-5-3-4-8-17(14)19(20)13-23-24-22(27)18-11-15-6-1-2-7-16(15)12-21(18)26/h1-13,25-26H,(H,24,27)/b23-13+. The smallest absolute Gasteiger partial charge is 0.275 e. The number of rotatable bonds is 3. The van der Waals surface area contributed by atoms with Crippen molar-refractivity contribution >= 4 is 33.7 Å². The summed E-state index contributed by atoms with van der Waals surface area (Å²) in [5, 5.41) is 27.7. The van der Waals surface area contributed by atoms with Gasteiger partial charge in [0.1, 0.15) is 11.5 Å². The summed E-state index contributed by atoms with van der Waals surface area (Å²) in [5.74, 6) is -0.580. The minimum absolute atomic E-state index is 0.0697. The summed E-state index contributed by atoms with van der Waals surface area (Å²) in [6, 6.07) is 21.6. The van der Waals surface area contributed by atoms with Gasteiger partial charge in [-0.05, 0) is 39.7 Å². The summed E-state index contributed by atoms with van der Waals surface area (Å²) in [4.78, 5) is 12.4. The molecule has 0 spiro atoms. The molecule has 0 aromatic heterocycles. The van der Waals surface area contributed by atoms with Gasteiger partial charge in [0.2, 0.25) is 0 Å². The topological polar surface area (TPSA) is 81.9 Å². The first-order valence-corrected chi connectivity index (χ1v) is 8.39. The number of phenols is 2. The molecule has 0 heterocycles. The zero-order valence-electron chi connectivity index (χ0n) is 14.3. The second-order valence-corrected chi connectivity index (χ2v) is 6.14. The van der Waals surface area contributed by atoms with Gasteiger partial charge in [-0.15, -0.1) is 0 Å². The Morgan fingerprint density at radius 2 is 1.48 bits per heavy atom.